The molecule has 262 valence electrons. The Kier molecular flexibility index (Phi) is 13.2. The van der Waals surface area contributed by atoms with Gasteiger partial charge in [-0.05, 0) is 201 Å². The third kappa shape index (κ3) is 8.73. The van der Waals surface area contributed by atoms with Crippen molar-refractivity contribution in [2.75, 3.05) is 20.8 Å². The number of hydrogen-bond acceptors (Lipinski definition) is 5. The Hall–Kier alpha value is -0.670. The van der Waals surface area contributed by atoms with E-state index in [4.69, 9.17) is 9.47 Å². The molecule has 2 N–H and O–H groups in total. The number of nitrogens with one attached hydrogen (secondary N) is 1. The zero-order valence-corrected chi connectivity index (χ0v) is 29.8. The molecule has 4 unspecified atom stereocenters. The molecule has 6 fully saturated rings. The number of nitrogens with zero attached hydrogens (tertiary/aromatic N) is 1. The monoisotopic (exact) mass is 639 g/mol. The van der Waals surface area contributed by atoms with Gasteiger partial charge in [-0.15, -0.1) is 0 Å². The Balaban J connectivity index is 1.06. The number of methoxy groups -OCH3 is 2. The minimum Gasteiger partial charge on any atom is -0.396 e. The lowest BCUT2D eigenvalue weighted by Crippen LogP contribution is -2.51. The van der Waals surface area contributed by atoms with E-state index in [-0.39, 0.29) is 5.92 Å². The normalized spacial score (nSPS) is 45.0. The number of hydrogen-bond donors (Lipinski definition) is 2. The zero-order valence-electron chi connectivity index (χ0n) is 29.8. The van der Waals surface area contributed by atoms with Gasteiger partial charge >= 0.3 is 0 Å². The van der Waals surface area contributed by atoms with Crippen LogP contribution in [0.5, 0.6) is 0 Å². The van der Waals surface area contributed by atoms with Crippen LogP contribution in [0.2, 0.25) is 0 Å². The van der Waals surface area contributed by atoms with E-state index in [1.54, 1.807) is 0 Å². The van der Waals surface area contributed by atoms with Gasteiger partial charge < -0.3 is 19.9 Å². The number of rotatable bonds is 10. The molecule has 6 saturated carbocycles. The molecule has 0 heterocycles. The van der Waals surface area contributed by atoms with E-state index < -0.39 is 0 Å². The van der Waals surface area contributed by atoms with Gasteiger partial charge in [0.25, 0.3) is 0 Å². The van der Waals surface area contributed by atoms with Crippen molar-refractivity contribution < 1.29 is 14.6 Å². The van der Waals surface area contributed by atoms with E-state index in [0.717, 1.165) is 35.5 Å². The van der Waals surface area contributed by atoms with Crippen molar-refractivity contribution in [2.45, 2.75) is 172 Å². The van der Waals surface area contributed by atoms with Gasteiger partial charge in [-0.3, -0.25) is 0 Å². The first-order valence-corrected chi connectivity index (χ1v) is 20.4. The van der Waals surface area contributed by atoms with Gasteiger partial charge in [0.15, 0.2) is 0 Å². The van der Waals surface area contributed by atoms with Gasteiger partial charge in [0.2, 0.25) is 0 Å². The molecule has 0 aromatic rings. The van der Waals surface area contributed by atoms with E-state index in [0.29, 0.717) is 48.7 Å². The summed E-state index contributed by atoms with van der Waals surface area (Å²) in [5, 5.41) is 24.8. The summed E-state index contributed by atoms with van der Waals surface area (Å²) < 4.78 is 11.4. The molecule has 5 heteroatoms. The fourth-order valence-electron chi connectivity index (χ4n) is 12.3. The lowest BCUT2D eigenvalue weighted by molar-refractivity contribution is 0.0208. The highest BCUT2D eigenvalue weighted by atomic mass is 16.5. The van der Waals surface area contributed by atoms with Gasteiger partial charge in [0, 0.05) is 32.9 Å². The third-order valence-corrected chi connectivity index (χ3v) is 15.4. The standard InChI is InChI=1S/C41H70N2O3/c1-45-37-20-13-32(14-21-37)30-7-9-34(10-8-30)40(26-42)39-25-35(33-15-22-38(46-2)23-16-33)17-24-41(39)43-36-18-11-31(12-19-36)29-5-3-28(27-44)4-6-29/h28-41,43-44H,3-25,27H2,1-2H3. The molecule has 5 nitrogen and oxygen atoms in total. The van der Waals surface area contributed by atoms with Crippen molar-refractivity contribution in [1.82, 2.24) is 5.32 Å². The van der Waals surface area contributed by atoms with E-state index in [9.17, 15) is 10.4 Å². The van der Waals surface area contributed by atoms with Crippen LogP contribution in [-0.2, 0) is 9.47 Å². The third-order valence-electron chi connectivity index (χ3n) is 15.4. The van der Waals surface area contributed by atoms with Gasteiger partial charge in [-0.2, -0.15) is 5.26 Å². The molecule has 0 spiro atoms. The van der Waals surface area contributed by atoms with Gasteiger partial charge in [0.1, 0.15) is 0 Å². The summed E-state index contributed by atoms with van der Waals surface area (Å²) >= 11 is 0. The predicted molar refractivity (Wildman–Crippen MR) is 186 cm³/mol. The molecule has 0 amide bonds. The highest BCUT2D eigenvalue weighted by molar-refractivity contribution is 5.03. The summed E-state index contributed by atoms with van der Waals surface area (Å²) in [4.78, 5) is 0. The Labute approximate surface area is 282 Å². The zero-order chi connectivity index (χ0) is 31.9. The first kappa shape index (κ1) is 35.2. The maximum Gasteiger partial charge on any atom is 0.0662 e. The van der Waals surface area contributed by atoms with Crippen LogP contribution in [0.15, 0.2) is 0 Å². The molecule has 6 aliphatic carbocycles. The molecular weight excluding hydrogens is 568 g/mol. The molecule has 0 aromatic carbocycles. The topological polar surface area (TPSA) is 74.5 Å². The maximum atomic E-state index is 10.9. The molecule has 6 rings (SSSR count). The minimum absolute atomic E-state index is 0.221. The highest BCUT2D eigenvalue weighted by Gasteiger charge is 2.44. The molecule has 6 aliphatic rings. The second-order valence-electron chi connectivity index (χ2n) is 17.5. The Bertz CT molecular complexity index is 912. The van der Waals surface area contributed by atoms with Crippen molar-refractivity contribution >= 4 is 0 Å². The first-order valence-electron chi connectivity index (χ1n) is 20.4. The maximum absolute atomic E-state index is 10.9. The van der Waals surface area contributed by atoms with Crippen LogP contribution in [0, 0.1) is 70.5 Å². The van der Waals surface area contributed by atoms with Crippen LogP contribution in [-0.4, -0.2) is 50.2 Å². The largest absolute Gasteiger partial charge is 0.396 e. The van der Waals surface area contributed by atoms with Gasteiger partial charge in [-0.1, -0.05) is 0 Å². The molecule has 4 atom stereocenters. The molecule has 0 aromatic heterocycles. The number of ether oxygens (including phenoxy) is 2. The summed E-state index contributed by atoms with van der Waals surface area (Å²) in [6, 6.07) is 4.19. The van der Waals surface area contributed by atoms with Crippen LogP contribution in [0.4, 0.5) is 0 Å². The smallest absolute Gasteiger partial charge is 0.0662 e. The molecule has 0 saturated heterocycles. The molecule has 0 bridgehead atoms. The second-order valence-corrected chi connectivity index (χ2v) is 17.5. The van der Waals surface area contributed by atoms with Crippen LogP contribution >= 0.6 is 0 Å². The number of aliphatic hydroxyl groups excluding tert-OH is 1. The summed E-state index contributed by atoms with van der Waals surface area (Å²) in [5.74, 6) is 7.11. The predicted octanol–water partition coefficient (Wildman–Crippen LogP) is 9.07. The van der Waals surface area contributed by atoms with E-state index in [2.05, 4.69) is 11.4 Å². The van der Waals surface area contributed by atoms with E-state index >= 15 is 0 Å². The van der Waals surface area contributed by atoms with Gasteiger partial charge in [0.05, 0.1) is 24.2 Å². The Morgan fingerprint density at radius 1 is 0.587 bits per heavy atom. The van der Waals surface area contributed by atoms with Crippen molar-refractivity contribution in [3.63, 3.8) is 0 Å². The summed E-state index contributed by atoms with van der Waals surface area (Å²) in [5.41, 5.74) is 0. The quantitative estimate of drug-likeness (QED) is 0.250. The Morgan fingerprint density at radius 2 is 1.02 bits per heavy atom. The van der Waals surface area contributed by atoms with Crippen LogP contribution in [0.1, 0.15) is 148 Å². The molecule has 0 aliphatic heterocycles. The van der Waals surface area contributed by atoms with Crippen LogP contribution in [0.25, 0.3) is 0 Å². The lowest BCUT2D eigenvalue weighted by Gasteiger charge is -2.47. The average Bonchev–Trinajstić information content (AvgIpc) is 3.13. The van der Waals surface area contributed by atoms with Gasteiger partial charge in [-0.25, -0.2) is 0 Å². The summed E-state index contributed by atoms with van der Waals surface area (Å²) in [7, 11) is 3.78. The van der Waals surface area contributed by atoms with Crippen LogP contribution < -0.4 is 5.32 Å². The average molecular weight is 639 g/mol. The molecule has 46 heavy (non-hydrogen) atoms. The first-order chi connectivity index (χ1) is 22.6. The molecule has 0 radical (unpaired) electrons. The van der Waals surface area contributed by atoms with Crippen molar-refractivity contribution in [1.29, 1.82) is 5.26 Å². The van der Waals surface area contributed by atoms with Crippen LogP contribution in [0.3, 0.4) is 0 Å². The fourth-order valence-corrected chi connectivity index (χ4v) is 12.3. The molecular formula is C41H70N2O3. The van der Waals surface area contributed by atoms with E-state index in [1.807, 2.05) is 14.2 Å². The van der Waals surface area contributed by atoms with Crippen molar-refractivity contribution in [3.05, 3.63) is 0 Å². The van der Waals surface area contributed by atoms with E-state index in [1.165, 1.54) is 148 Å². The fraction of sp³-hybridized carbons (Fsp3) is 0.976. The SMILES string of the molecule is COC1CCC(C2CCC(C(C#N)C3CC(C4CCC(OC)CC4)CCC3NC3CCC(C4CCC(CO)CC4)CC3)CC2)CC1. The summed E-state index contributed by atoms with van der Waals surface area (Å²) in [6.45, 7) is 0.391. The number of aliphatic hydroxyl groups is 1. The van der Waals surface area contributed by atoms with Crippen molar-refractivity contribution in [2.24, 2.45) is 59.2 Å². The second kappa shape index (κ2) is 17.3. The minimum atomic E-state index is 0.221. The Morgan fingerprint density at radius 3 is 1.50 bits per heavy atom. The highest BCUT2D eigenvalue weighted by Crippen LogP contribution is 2.49. The summed E-state index contributed by atoms with van der Waals surface area (Å²) in [6.07, 6.45) is 31.0. The lowest BCUT2D eigenvalue weighted by atomic mass is 9.61. The van der Waals surface area contributed by atoms with Crippen molar-refractivity contribution in [3.8, 4) is 6.07 Å². The number of nitriles is 1.